The summed E-state index contributed by atoms with van der Waals surface area (Å²) in [5, 5.41) is 2.00. The maximum atomic E-state index is 13.8. The molecule has 35 heavy (non-hydrogen) atoms. The molecule has 0 N–H and O–H groups in total. The average Bonchev–Trinajstić information content (AvgIpc) is 3.50. The van der Waals surface area contributed by atoms with Gasteiger partial charge in [0.1, 0.15) is 0 Å². The summed E-state index contributed by atoms with van der Waals surface area (Å²) in [7, 11) is -7.36. The lowest BCUT2D eigenvalue weighted by molar-refractivity contribution is 0.139. The first-order valence-corrected chi connectivity index (χ1v) is 15.6. The third kappa shape index (κ3) is 4.60. The van der Waals surface area contributed by atoms with Crippen LogP contribution in [0.3, 0.4) is 0 Å². The highest BCUT2D eigenvalue weighted by Crippen LogP contribution is 2.42. The Labute approximate surface area is 212 Å². The lowest BCUT2D eigenvalue weighted by Gasteiger charge is -2.43. The van der Waals surface area contributed by atoms with Gasteiger partial charge in [0, 0.05) is 30.1 Å². The van der Waals surface area contributed by atoms with Crippen LogP contribution in [0.4, 0.5) is 0 Å². The van der Waals surface area contributed by atoms with Gasteiger partial charge in [-0.25, -0.2) is 16.8 Å². The van der Waals surface area contributed by atoms with Crippen LogP contribution in [0.2, 0.25) is 0 Å². The van der Waals surface area contributed by atoms with Crippen LogP contribution in [0.5, 0.6) is 0 Å². The zero-order valence-corrected chi connectivity index (χ0v) is 22.3. The normalized spacial score (nSPS) is 23.9. The van der Waals surface area contributed by atoms with Gasteiger partial charge in [-0.2, -0.15) is 8.61 Å². The van der Waals surface area contributed by atoms with E-state index in [9.17, 15) is 16.8 Å². The molecule has 5 rings (SSSR count). The molecule has 0 aliphatic carbocycles. The molecular formula is C26H30N2O4S3. The molecule has 0 bridgehead atoms. The van der Waals surface area contributed by atoms with E-state index in [-0.39, 0.29) is 18.0 Å². The lowest BCUT2D eigenvalue weighted by atomic mass is 9.85. The fourth-order valence-corrected chi connectivity index (χ4v) is 9.62. The Hall–Kier alpha value is -2.04. The third-order valence-corrected chi connectivity index (χ3v) is 12.1. The topological polar surface area (TPSA) is 74.8 Å². The van der Waals surface area contributed by atoms with Crippen LogP contribution in [-0.4, -0.2) is 50.6 Å². The van der Waals surface area contributed by atoms with Crippen LogP contribution in [0.25, 0.3) is 0 Å². The Balaban J connectivity index is 1.49. The van der Waals surface area contributed by atoms with Crippen molar-refractivity contribution in [1.82, 2.24) is 8.61 Å². The second kappa shape index (κ2) is 9.44. The fraction of sp³-hybridized carbons (Fsp3) is 0.385. The number of sulfonamides is 2. The van der Waals surface area contributed by atoms with Gasteiger partial charge in [0.15, 0.2) is 0 Å². The van der Waals surface area contributed by atoms with E-state index in [4.69, 9.17) is 0 Å². The van der Waals surface area contributed by atoms with E-state index in [2.05, 4.69) is 0 Å². The molecule has 186 valence electrons. The van der Waals surface area contributed by atoms with Crippen LogP contribution in [0.1, 0.15) is 28.8 Å². The largest absolute Gasteiger partial charge is 0.243 e. The third-order valence-electron chi connectivity index (χ3n) is 7.30. The highest BCUT2D eigenvalue weighted by molar-refractivity contribution is 7.89. The second-order valence-corrected chi connectivity index (χ2v) is 14.3. The fourth-order valence-electron chi connectivity index (χ4n) is 5.47. The van der Waals surface area contributed by atoms with Gasteiger partial charge in [0.2, 0.25) is 20.0 Å². The Morgan fingerprint density at radius 3 is 1.86 bits per heavy atom. The maximum absolute atomic E-state index is 13.8. The number of rotatable bonds is 6. The lowest BCUT2D eigenvalue weighted by Crippen LogP contribution is -2.55. The number of hydrogen-bond acceptors (Lipinski definition) is 5. The zero-order chi connectivity index (χ0) is 24.8. The van der Waals surface area contributed by atoms with E-state index in [1.165, 1.54) is 0 Å². The van der Waals surface area contributed by atoms with Gasteiger partial charge in [0.25, 0.3) is 0 Å². The maximum Gasteiger partial charge on any atom is 0.243 e. The van der Waals surface area contributed by atoms with Gasteiger partial charge < -0.3 is 0 Å². The van der Waals surface area contributed by atoms with Crippen molar-refractivity contribution >= 4 is 31.4 Å². The highest BCUT2D eigenvalue weighted by atomic mass is 32.2. The van der Waals surface area contributed by atoms with Crippen molar-refractivity contribution in [2.45, 2.75) is 55.0 Å². The highest BCUT2D eigenvalue weighted by Gasteiger charge is 2.51. The molecule has 2 aliphatic rings. The van der Waals surface area contributed by atoms with Crippen molar-refractivity contribution < 1.29 is 16.8 Å². The number of benzene rings is 2. The van der Waals surface area contributed by atoms with Crippen molar-refractivity contribution in [3.63, 3.8) is 0 Å². The molecule has 3 atom stereocenters. The standard InChI is InChI=1S/C26H30N2O4S3/c1-19-5-9-22(10-6-19)34(29,30)27-15-13-24-25(27)14-16-28(26(24)18-21-4-3-17-33-21)35(31,32)23-11-7-20(2)8-12-23/h3-12,17,24-26H,13-16,18H2,1-2H3/t24-,25+,26-/m1/s1. The second-order valence-electron chi connectivity index (χ2n) is 9.52. The van der Waals surface area contributed by atoms with Gasteiger partial charge in [-0.05, 0) is 74.7 Å². The van der Waals surface area contributed by atoms with Crippen molar-refractivity contribution in [2.24, 2.45) is 5.92 Å². The van der Waals surface area contributed by atoms with Crippen LogP contribution in [0, 0.1) is 19.8 Å². The molecule has 2 saturated heterocycles. The van der Waals surface area contributed by atoms with E-state index in [1.807, 2.05) is 55.6 Å². The van der Waals surface area contributed by atoms with Gasteiger partial charge in [-0.3, -0.25) is 0 Å². The van der Waals surface area contributed by atoms with Gasteiger partial charge in [-0.15, -0.1) is 11.3 Å². The molecule has 0 spiro atoms. The molecule has 0 radical (unpaired) electrons. The van der Waals surface area contributed by atoms with Crippen LogP contribution in [0.15, 0.2) is 75.8 Å². The summed E-state index contributed by atoms with van der Waals surface area (Å²) < 4.78 is 57.9. The minimum atomic E-state index is -3.71. The van der Waals surface area contributed by atoms with Gasteiger partial charge in [0.05, 0.1) is 9.79 Å². The Morgan fingerprint density at radius 1 is 0.771 bits per heavy atom. The summed E-state index contributed by atoms with van der Waals surface area (Å²) in [6.07, 6.45) is 1.72. The first kappa shape index (κ1) is 24.6. The zero-order valence-electron chi connectivity index (χ0n) is 19.9. The summed E-state index contributed by atoms with van der Waals surface area (Å²) in [4.78, 5) is 1.70. The summed E-state index contributed by atoms with van der Waals surface area (Å²) in [5.74, 6) is -0.0636. The monoisotopic (exact) mass is 530 g/mol. The van der Waals surface area contributed by atoms with E-state index in [0.717, 1.165) is 16.0 Å². The van der Waals surface area contributed by atoms with E-state index < -0.39 is 20.0 Å². The molecule has 3 aromatic rings. The molecule has 2 fully saturated rings. The number of aryl methyl sites for hydroxylation is 2. The van der Waals surface area contributed by atoms with Crippen LogP contribution >= 0.6 is 11.3 Å². The molecule has 1 aromatic heterocycles. The minimum absolute atomic E-state index is 0.0636. The predicted molar refractivity (Wildman–Crippen MR) is 138 cm³/mol. The van der Waals surface area contributed by atoms with E-state index in [0.29, 0.717) is 42.1 Å². The predicted octanol–water partition coefficient (Wildman–Crippen LogP) is 4.45. The number of hydrogen-bond donors (Lipinski definition) is 0. The quantitative estimate of drug-likeness (QED) is 0.472. The van der Waals surface area contributed by atoms with E-state index >= 15 is 0 Å². The van der Waals surface area contributed by atoms with E-state index in [1.54, 1.807) is 44.2 Å². The first-order valence-electron chi connectivity index (χ1n) is 11.9. The van der Waals surface area contributed by atoms with Gasteiger partial charge >= 0.3 is 0 Å². The minimum Gasteiger partial charge on any atom is -0.207 e. The van der Waals surface area contributed by atoms with Crippen LogP contribution in [-0.2, 0) is 26.5 Å². The van der Waals surface area contributed by atoms with Crippen molar-refractivity contribution in [2.75, 3.05) is 13.1 Å². The summed E-state index contributed by atoms with van der Waals surface area (Å²) in [5.41, 5.74) is 2.01. The molecule has 6 nitrogen and oxygen atoms in total. The Morgan fingerprint density at radius 2 is 1.31 bits per heavy atom. The summed E-state index contributed by atoms with van der Waals surface area (Å²) in [6, 6.07) is 17.4. The smallest absolute Gasteiger partial charge is 0.207 e. The molecular weight excluding hydrogens is 500 g/mol. The van der Waals surface area contributed by atoms with Crippen LogP contribution < -0.4 is 0 Å². The summed E-state index contributed by atoms with van der Waals surface area (Å²) >= 11 is 1.61. The average molecular weight is 531 g/mol. The van der Waals surface area contributed by atoms with Crippen molar-refractivity contribution in [3.8, 4) is 0 Å². The number of thiophene rings is 1. The molecule has 0 amide bonds. The molecule has 0 saturated carbocycles. The first-order chi connectivity index (χ1) is 16.7. The number of piperidine rings is 1. The van der Waals surface area contributed by atoms with Crippen molar-refractivity contribution in [1.29, 1.82) is 0 Å². The molecule has 2 aliphatic heterocycles. The molecule has 9 heteroatoms. The SMILES string of the molecule is Cc1ccc(S(=O)(=O)N2CC[C@H]3[C@@H](CCN3S(=O)(=O)c3ccc(C)cc3)[C@H]2Cc2cccs2)cc1. The molecule has 3 heterocycles. The Kier molecular flexibility index (Phi) is 6.65. The van der Waals surface area contributed by atoms with Gasteiger partial charge in [-0.1, -0.05) is 41.5 Å². The number of nitrogens with zero attached hydrogens (tertiary/aromatic N) is 2. The van der Waals surface area contributed by atoms with Crippen molar-refractivity contribution in [3.05, 3.63) is 82.0 Å². The molecule has 0 unspecified atom stereocenters. The number of fused-ring (bicyclic) bond motifs is 1. The summed E-state index contributed by atoms with van der Waals surface area (Å²) in [6.45, 7) is 4.57. The Bertz CT molecular complexity index is 1380. The molecule has 2 aromatic carbocycles.